The highest BCUT2D eigenvalue weighted by molar-refractivity contribution is 7.98. The van der Waals surface area contributed by atoms with Crippen molar-refractivity contribution >= 4 is 35.8 Å². The van der Waals surface area contributed by atoms with Gasteiger partial charge in [-0.15, -0.1) is 24.2 Å². The molecule has 1 aromatic rings. The lowest BCUT2D eigenvalue weighted by Crippen LogP contribution is -2.46. The zero-order chi connectivity index (χ0) is 13.8. The number of rotatable bonds is 3. The number of carbonyl (C=O) groups is 1. The Labute approximate surface area is 127 Å². The van der Waals surface area contributed by atoms with Gasteiger partial charge in [0.2, 0.25) is 0 Å². The lowest BCUT2D eigenvalue weighted by atomic mass is 10.1. The Morgan fingerprint density at radius 1 is 1.40 bits per heavy atom. The minimum atomic E-state index is -0.444. The molecular weight excluding hydrogens is 302 g/mol. The summed E-state index contributed by atoms with van der Waals surface area (Å²) in [6, 6.07) is 4.66. The van der Waals surface area contributed by atoms with Crippen LogP contribution in [0.25, 0.3) is 0 Å². The number of thioether (sulfide) groups is 1. The van der Waals surface area contributed by atoms with E-state index in [1.165, 1.54) is 17.8 Å². The fourth-order valence-electron chi connectivity index (χ4n) is 2.02. The van der Waals surface area contributed by atoms with E-state index in [-0.39, 0.29) is 24.0 Å². The maximum absolute atomic E-state index is 12.2. The van der Waals surface area contributed by atoms with E-state index in [1.54, 1.807) is 23.3 Å². The van der Waals surface area contributed by atoms with Gasteiger partial charge >= 0.3 is 0 Å². The van der Waals surface area contributed by atoms with Crippen LogP contribution in [0.4, 0.5) is 5.69 Å². The summed E-state index contributed by atoms with van der Waals surface area (Å²) >= 11 is 1.30. The summed E-state index contributed by atoms with van der Waals surface area (Å²) in [5.41, 5.74) is 0.375. The van der Waals surface area contributed by atoms with E-state index in [4.69, 9.17) is 0 Å². The number of halogens is 1. The molecular formula is C12H16ClN3O3S. The van der Waals surface area contributed by atoms with Crippen molar-refractivity contribution in [3.05, 3.63) is 33.9 Å². The summed E-state index contributed by atoms with van der Waals surface area (Å²) in [6.45, 7) is 2.79. The summed E-state index contributed by atoms with van der Waals surface area (Å²) < 4.78 is 0. The molecule has 1 amide bonds. The van der Waals surface area contributed by atoms with Crippen LogP contribution in [0.15, 0.2) is 23.1 Å². The lowest BCUT2D eigenvalue weighted by molar-refractivity contribution is -0.387. The Hall–Kier alpha value is -1.31. The maximum atomic E-state index is 12.2. The van der Waals surface area contributed by atoms with Crippen LogP contribution in [0.3, 0.4) is 0 Å². The zero-order valence-electron chi connectivity index (χ0n) is 11.0. The SMILES string of the molecule is CSc1ccc(C(=O)N2CCNCC2)cc1[N+](=O)[O-].Cl. The molecule has 0 bridgehead atoms. The molecule has 1 aliphatic rings. The smallest absolute Gasteiger partial charge is 0.283 e. The third kappa shape index (κ3) is 3.62. The molecule has 0 aromatic heterocycles. The van der Waals surface area contributed by atoms with Crippen LogP contribution in [0.1, 0.15) is 10.4 Å². The Kier molecular flexibility index (Phi) is 6.25. The van der Waals surface area contributed by atoms with Crippen LogP contribution in [0.2, 0.25) is 0 Å². The van der Waals surface area contributed by atoms with Crippen LogP contribution in [-0.2, 0) is 0 Å². The molecule has 0 saturated carbocycles. The normalized spacial score (nSPS) is 14.6. The number of benzene rings is 1. The van der Waals surface area contributed by atoms with Gasteiger partial charge in [0.25, 0.3) is 11.6 Å². The van der Waals surface area contributed by atoms with Crippen molar-refractivity contribution in [1.82, 2.24) is 10.2 Å². The van der Waals surface area contributed by atoms with E-state index >= 15 is 0 Å². The summed E-state index contributed by atoms with van der Waals surface area (Å²) in [7, 11) is 0. The van der Waals surface area contributed by atoms with Gasteiger partial charge in [-0.05, 0) is 18.4 Å². The van der Waals surface area contributed by atoms with Crippen molar-refractivity contribution < 1.29 is 9.72 Å². The molecule has 6 nitrogen and oxygen atoms in total. The maximum Gasteiger partial charge on any atom is 0.283 e. The summed E-state index contributed by atoms with van der Waals surface area (Å²) in [6.07, 6.45) is 1.78. The first kappa shape index (κ1) is 16.7. The Balaban J connectivity index is 0.00000200. The molecule has 0 spiro atoms. The number of carbonyl (C=O) groups excluding carboxylic acids is 1. The van der Waals surface area contributed by atoms with Crippen LogP contribution >= 0.6 is 24.2 Å². The van der Waals surface area contributed by atoms with E-state index in [1.807, 2.05) is 0 Å². The molecule has 20 heavy (non-hydrogen) atoms. The summed E-state index contributed by atoms with van der Waals surface area (Å²) in [4.78, 5) is 25.1. The number of piperazine rings is 1. The molecule has 0 aliphatic carbocycles. The predicted octanol–water partition coefficient (Wildman–Crippen LogP) is 1.78. The van der Waals surface area contributed by atoms with Crippen LogP contribution in [-0.4, -0.2) is 48.2 Å². The average molecular weight is 318 g/mol. The van der Waals surface area contributed by atoms with Crippen molar-refractivity contribution in [3.8, 4) is 0 Å². The highest BCUT2D eigenvalue weighted by Crippen LogP contribution is 2.28. The van der Waals surface area contributed by atoms with Gasteiger partial charge in [-0.3, -0.25) is 14.9 Å². The minimum absolute atomic E-state index is 0. The van der Waals surface area contributed by atoms with Crippen molar-refractivity contribution in [2.45, 2.75) is 4.90 Å². The third-order valence-corrected chi connectivity index (χ3v) is 3.81. The molecule has 2 rings (SSSR count). The lowest BCUT2D eigenvalue weighted by Gasteiger charge is -2.27. The van der Waals surface area contributed by atoms with Crippen LogP contribution in [0.5, 0.6) is 0 Å². The van der Waals surface area contributed by atoms with Gasteiger partial charge in [0.05, 0.1) is 9.82 Å². The number of hydrogen-bond acceptors (Lipinski definition) is 5. The monoisotopic (exact) mass is 317 g/mol. The van der Waals surface area contributed by atoms with Crippen molar-refractivity contribution in [1.29, 1.82) is 0 Å². The third-order valence-electron chi connectivity index (χ3n) is 3.03. The quantitative estimate of drug-likeness (QED) is 0.522. The highest BCUT2D eigenvalue weighted by Gasteiger charge is 2.21. The Bertz CT molecular complexity index is 507. The standard InChI is InChI=1S/C12H15N3O3S.ClH/c1-19-11-3-2-9(8-10(11)15(17)18)12(16)14-6-4-13-5-7-14;/h2-3,8,13H,4-7H2,1H3;1H. The van der Waals surface area contributed by atoms with Gasteiger partial charge in [0.15, 0.2) is 0 Å². The second-order valence-corrected chi connectivity index (χ2v) is 5.03. The average Bonchev–Trinajstić information content (AvgIpc) is 2.46. The molecule has 0 unspecified atom stereocenters. The molecule has 1 aliphatic heterocycles. The molecule has 0 atom stereocenters. The highest BCUT2D eigenvalue weighted by atomic mass is 35.5. The number of nitrogens with one attached hydrogen (secondary N) is 1. The van der Waals surface area contributed by atoms with Crippen LogP contribution < -0.4 is 5.32 Å². The summed E-state index contributed by atoms with van der Waals surface area (Å²) in [5, 5.41) is 14.2. The summed E-state index contributed by atoms with van der Waals surface area (Å²) in [5.74, 6) is -0.141. The van der Waals surface area contributed by atoms with E-state index in [2.05, 4.69) is 5.32 Å². The minimum Gasteiger partial charge on any atom is -0.336 e. The first-order valence-corrected chi connectivity index (χ1v) is 7.18. The zero-order valence-corrected chi connectivity index (χ0v) is 12.6. The van der Waals surface area contributed by atoms with Crippen molar-refractivity contribution in [2.75, 3.05) is 32.4 Å². The second-order valence-electron chi connectivity index (χ2n) is 4.19. The molecule has 1 fully saturated rings. The van der Waals surface area contributed by atoms with Crippen molar-refractivity contribution in [2.24, 2.45) is 0 Å². The van der Waals surface area contributed by atoms with Gasteiger partial charge in [-0.1, -0.05) is 0 Å². The molecule has 1 aromatic carbocycles. The molecule has 0 radical (unpaired) electrons. The second kappa shape index (κ2) is 7.47. The largest absolute Gasteiger partial charge is 0.336 e. The Morgan fingerprint density at radius 3 is 2.60 bits per heavy atom. The van der Waals surface area contributed by atoms with E-state index in [0.717, 1.165) is 13.1 Å². The van der Waals surface area contributed by atoms with Gasteiger partial charge in [-0.25, -0.2) is 0 Å². The van der Waals surface area contributed by atoms with Gasteiger partial charge in [0.1, 0.15) is 0 Å². The number of nitrogens with zero attached hydrogens (tertiary/aromatic N) is 2. The number of amides is 1. The van der Waals surface area contributed by atoms with E-state index in [0.29, 0.717) is 23.5 Å². The number of hydrogen-bond donors (Lipinski definition) is 1. The van der Waals surface area contributed by atoms with Crippen molar-refractivity contribution in [3.63, 3.8) is 0 Å². The van der Waals surface area contributed by atoms with E-state index in [9.17, 15) is 14.9 Å². The van der Waals surface area contributed by atoms with Gasteiger partial charge in [-0.2, -0.15) is 0 Å². The topological polar surface area (TPSA) is 75.5 Å². The predicted molar refractivity (Wildman–Crippen MR) is 80.9 cm³/mol. The first-order valence-electron chi connectivity index (χ1n) is 5.96. The fourth-order valence-corrected chi connectivity index (χ4v) is 2.56. The van der Waals surface area contributed by atoms with Gasteiger partial charge in [0, 0.05) is 37.8 Å². The van der Waals surface area contributed by atoms with E-state index < -0.39 is 4.92 Å². The number of nitro groups is 1. The Morgan fingerprint density at radius 2 is 2.05 bits per heavy atom. The molecule has 1 heterocycles. The molecule has 1 saturated heterocycles. The fraction of sp³-hybridized carbons (Fsp3) is 0.417. The molecule has 110 valence electrons. The molecule has 8 heteroatoms. The first-order chi connectivity index (χ1) is 9.13. The van der Waals surface area contributed by atoms with Gasteiger partial charge < -0.3 is 10.2 Å². The van der Waals surface area contributed by atoms with Crippen LogP contribution in [0, 0.1) is 10.1 Å². The number of nitro benzene ring substituents is 1. The molecule has 1 N–H and O–H groups in total.